The van der Waals surface area contributed by atoms with Gasteiger partial charge < -0.3 is 9.84 Å². The summed E-state index contributed by atoms with van der Waals surface area (Å²) in [6, 6.07) is 0. The Bertz CT molecular complexity index is 844. The molecule has 0 spiro atoms. The highest BCUT2D eigenvalue weighted by molar-refractivity contribution is 5.82. The van der Waals surface area contributed by atoms with Gasteiger partial charge in [0.05, 0.1) is 24.6 Å². The van der Waals surface area contributed by atoms with E-state index in [0.29, 0.717) is 42.8 Å². The highest BCUT2D eigenvalue weighted by Crippen LogP contribution is 2.69. The largest absolute Gasteiger partial charge is 0.387 e. The van der Waals surface area contributed by atoms with Crippen molar-refractivity contribution in [3.05, 3.63) is 12.4 Å². The number of aromatic nitrogens is 3. The number of ether oxygens (including phenoxy) is 1. The summed E-state index contributed by atoms with van der Waals surface area (Å²) in [4.78, 5) is 14.8. The topological polar surface area (TPSA) is 77.2 Å². The normalized spacial score (nSPS) is 44.7. The van der Waals surface area contributed by atoms with Crippen LogP contribution in [-0.2, 0) is 16.1 Å². The van der Waals surface area contributed by atoms with E-state index in [1.54, 1.807) is 17.2 Å². The second-order valence-electron chi connectivity index (χ2n) is 12.0. The lowest BCUT2D eigenvalue weighted by Crippen LogP contribution is -2.57. The predicted octanol–water partition coefficient (Wildman–Crippen LogP) is 4.66. The first-order valence-corrected chi connectivity index (χ1v) is 13.5. The van der Waals surface area contributed by atoms with Crippen LogP contribution in [-0.4, -0.2) is 44.7 Å². The third-order valence-corrected chi connectivity index (χ3v) is 10.9. The average molecular weight is 458 g/mol. The molecule has 184 valence electrons. The summed E-state index contributed by atoms with van der Waals surface area (Å²) in [7, 11) is 0. The fourth-order valence-electron chi connectivity index (χ4n) is 9.36. The molecular weight excluding hydrogens is 414 g/mol. The minimum atomic E-state index is -0.638. The zero-order chi connectivity index (χ0) is 23.3. The SMILES string of the molecule is CCOC[C@@]1(O)CC[C@@]2(CC)[C@H](CC[C@H]3[C@@H]4CC[C@H](C(=O)Cn5nccn5)[C@@]4(C)CC[C@@H]32)C1. The van der Waals surface area contributed by atoms with Crippen molar-refractivity contribution >= 4 is 5.78 Å². The number of carbonyl (C=O) groups is 1. The molecule has 6 heteroatoms. The number of hydrogen-bond donors (Lipinski definition) is 1. The number of fused-ring (bicyclic) bond motifs is 5. The molecule has 1 heterocycles. The maximum atomic E-state index is 13.3. The van der Waals surface area contributed by atoms with Gasteiger partial charge in [0.1, 0.15) is 6.54 Å². The molecule has 0 amide bonds. The first kappa shape index (κ1) is 23.5. The maximum Gasteiger partial charge on any atom is 0.159 e. The van der Waals surface area contributed by atoms with E-state index in [1.807, 2.05) is 6.92 Å². The van der Waals surface area contributed by atoms with Gasteiger partial charge in [-0.2, -0.15) is 15.0 Å². The van der Waals surface area contributed by atoms with E-state index in [2.05, 4.69) is 24.0 Å². The van der Waals surface area contributed by atoms with Crippen LogP contribution in [0.15, 0.2) is 12.4 Å². The van der Waals surface area contributed by atoms with E-state index < -0.39 is 5.60 Å². The Morgan fingerprint density at radius 3 is 2.58 bits per heavy atom. The van der Waals surface area contributed by atoms with Gasteiger partial charge in [0.15, 0.2) is 5.78 Å². The molecule has 1 aromatic rings. The third-order valence-electron chi connectivity index (χ3n) is 10.9. The van der Waals surface area contributed by atoms with Gasteiger partial charge in [0.2, 0.25) is 0 Å². The lowest BCUT2D eigenvalue weighted by atomic mass is 9.42. The van der Waals surface area contributed by atoms with E-state index in [9.17, 15) is 9.90 Å². The average Bonchev–Trinajstić information content (AvgIpc) is 3.44. The minimum absolute atomic E-state index is 0.123. The van der Waals surface area contributed by atoms with Crippen LogP contribution in [0.3, 0.4) is 0 Å². The Hall–Kier alpha value is -1.27. The van der Waals surface area contributed by atoms with Gasteiger partial charge in [-0.1, -0.05) is 13.8 Å². The van der Waals surface area contributed by atoms with Crippen molar-refractivity contribution in [3.63, 3.8) is 0 Å². The zero-order valence-electron chi connectivity index (χ0n) is 20.8. The molecule has 0 bridgehead atoms. The Labute approximate surface area is 198 Å². The zero-order valence-corrected chi connectivity index (χ0v) is 20.8. The second-order valence-corrected chi connectivity index (χ2v) is 12.0. The van der Waals surface area contributed by atoms with E-state index in [4.69, 9.17) is 4.74 Å². The molecule has 1 aromatic heterocycles. The monoisotopic (exact) mass is 457 g/mol. The van der Waals surface area contributed by atoms with Crippen LogP contribution in [0.2, 0.25) is 0 Å². The molecular formula is C27H43N3O3. The molecule has 5 rings (SSSR count). The molecule has 0 unspecified atom stereocenters. The highest BCUT2D eigenvalue weighted by atomic mass is 16.5. The van der Waals surface area contributed by atoms with Crippen LogP contribution in [0.4, 0.5) is 0 Å². The standard InChI is InChI=1S/C27H43N3O3/c1-4-27-13-12-26(32,18-33-5-2)16-19(27)6-7-20-21-8-9-23(25(21,3)11-10-22(20)27)24(31)17-30-28-14-15-29-30/h14-15,19-23,32H,4-13,16-18H2,1-3H3/t19-,20+,21+,22+,23-,25+,26-,27+/m1/s1. The summed E-state index contributed by atoms with van der Waals surface area (Å²) in [6.07, 6.45) is 14.6. The molecule has 6 nitrogen and oxygen atoms in total. The Balaban J connectivity index is 1.33. The molecule has 0 aliphatic heterocycles. The van der Waals surface area contributed by atoms with Gasteiger partial charge in [-0.05, 0) is 106 Å². The fourth-order valence-corrected chi connectivity index (χ4v) is 9.36. The predicted molar refractivity (Wildman–Crippen MR) is 126 cm³/mol. The lowest BCUT2D eigenvalue weighted by Gasteiger charge is -2.63. The molecule has 1 N–H and O–H groups in total. The number of Topliss-reactive ketones (excluding diaryl/α,β-unsaturated/α-hetero) is 1. The second kappa shape index (κ2) is 8.75. The smallest absolute Gasteiger partial charge is 0.159 e. The van der Waals surface area contributed by atoms with Crippen molar-refractivity contribution in [2.75, 3.05) is 13.2 Å². The summed E-state index contributed by atoms with van der Waals surface area (Å²) in [5.41, 5.74) is -0.151. The molecule has 4 saturated carbocycles. The van der Waals surface area contributed by atoms with Crippen LogP contribution in [0.5, 0.6) is 0 Å². The molecule has 4 aliphatic carbocycles. The number of rotatable bonds is 7. The van der Waals surface area contributed by atoms with Gasteiger partial charge in [-0.15, -0.1) is 0 Å². The molecule has 0 radical (unpaired) electrons. The molecule has 8 atom stereocenters. The van der Waals surface area contributed by atoms with Crippen molar-refractivity contribution in [3.8, 4) is 0 Å². The number of carbonyl (C=O) groups excluding carboxylic acids is 1. The first-order chi connectivity index (χ1) is 15.9. The van der Waals surface area contributed by atoms with Crippen molar-refractivity contribution in [2.45, 2.75) is 97.1 Å². The van der Waals surface area contributed by atoms with Gasteiger partial charge in [-0.25, -0.2) is 0 Å². The Morgan fingerprint density at radius 2 is 1.85 bits per heavy atom. The van der Waals surface area contributed by atoms with Gasteiger partial charge in [0.25, 0.3) is 0 Å². The van der Waals surface area contributed by atoms with Gasteiger partial charge in [0, 0.05) is 12.5 Å². The Morgan fingerprint density at radius 1 is 1.06 bits per heavy atom. The first-order valence-electron chi connectivity index (χ1n) is 13.5. The highest BCUT2D eigenvalue weighted by Gasteiger charge is 2.62. The summed E-state index contributed by atoms with van der Waals surface area (Å²) < 4.78 is 5.68. The fraction of sp³-hybridized carbons (Fsp3) is 0.889. The lowest BCUT2D eigenvalue weighted by molar-refractivity contribution is -0.173. The van der Waals surface area contributed by atoms with Gasteiger partial charge in [-0.3, -0.25) is 4.79 Å². The quantitative estimate of drug-likeness (QED) is 0.644. The maximum absolute atomic E-state index is 13.3. The van der Waals surface area contributed by atoms with E-state index >= 15 is 0 Å². The summed E-state index contributed by atoms with van der Waals surface area (Å²) in [5, 5.41) is 19.6. The summed E-state index contributed by atoms with van der Waals surface area (Å²) in [6.45, 7) is 8.31. The molecule has 33 heavy (non-hydrogen) atoms. The molecule has 4 fully saturated rings. The van der Waals surface area contributed by atoms with Crippen LogP contribution < -0.4 is 0 Å². The van der Waals surface area contributed by atoms with Crippen LogP contribution >= 0.6 is 0 Å². The summed E-state index contributed by atoms with van der Waals surface area (Å²) in [5.74, 6) is 3.22. The van der Waals surface area contributed by atoms with Crippen LogP contribution in [0, 0.1) is 40.4 Å². The van der Waals surface area contributed by atoms with Crippen LogP contribution in [0.1, 0.15) is 85.0 Å². The van der Waals surface area contributed by atoms with E-state index in [-0.39, 0.29) is 11.3 Å². The van der Waals surface area contributed by atoms with Gasteiger partial charge >= 0.3 is 0 Å². The van der Waals surface area contributed by atoms with Crippen molar-refractivity contribution < 1.29 is 14.6 Å². The molecule has 0 aromatic carbocycles. The van der Waals surface area contributed by atoms with Crippen molar-refractivity contribution in [1.82, 2.24) is 15.0 Å². The van der Waals surface area contributed by atoms with Crippen molar-refractivity contribution in [1.29, 1.82) is 0 Å². The minimum Gasteiger partial charge on any atom is -0.387 e. The van der Waals surface area contributed by atoms with Crippen molar-refractivity contribution in [2.24, 2.45) is 40.4 Å². The molecule has 4 aliphatic rings. The van der Waals surface area contributed by atoms with Crippen LogP contribution in [0.25, 0.3) is 0 Å². The molecule has 0 saturated heterocycles. The van der Waals surface area contributed by atoms with E-state index in [1.165, 1.54) is 38.5 Å². The van der Waals surface area contributed by atoms with E-state index in [0.717, 1.165) is 37.5 Å². The third kappa shape index (κ3) is 3.80. The Kier molecular flexibility index (Phi) is 6.22. The number of aliphatic hydroxyl groups is 1. The summed E-state index contributed by atoms with van der Waals surface area (Å²) >= 11 is 0. The number of hydrogen-bond acceptors (Lipinski definition) is 5. The number of nitrogens with zero attached hydrogens (tertiary/aromatic N) is 3. The number of ketones is 1.